The monoisotopic (exact) mass is 279 g/mol. The van der Waals surface area contributed by atoms with Crippen molar-refractivity contribution >= 4 is 11.6 Å². The summed E-state index contributed by atoms with van der Waals surface area (Å²) in [5.41, 5.74) is 2.04. The molecule has 0 saturated heterocycles. The summed E-state index contributed by atoms with van der Waals surface area (Å²) in [5, 5.41) is 0. The van der Waals surface area contributed by atoms with Gasteiger partial charge in [0.1, 0.15) is 6.33 Å². The van der Waals surface area contributed by atoms with Crippen molar-refractivity contribution in [2.45, 2.75) is 20.5 Å². The third-order valence-electron chi connectivity index (χ3n) is 2.85. The van der Waals surface area contributed by atoms with Crippen LogP contribution in [0, 0.1) is 6.92 Å². The first kappa shape index (κ1) is 14.3. The molecule has 20 heavy (non-hydrogen) atoms. The maximum Gasteiger partial charge on any atom is 0.360 e. The zero-order valence-electron chi connectivity index (χ0n) is 12.0. The second kappa shape index (κ2) is 5.87. The number of rotatable bonds is 5. The predicted molar refractivity (Wildman–Crippen MR) is 70.9 cm³/mol. The third-order valence-corrected chi connectivity index (χ3v) is 2.85. The largest absolute Gasteiger partial charge is 0.493 e. The fourth-order valence-electron chi connectivity index (χ4n) is 2.05. The molecule has 0 atom stereocenters. The Kier molecular flexibility index (Phi) is 4.19. The van der Waals surface area contributed by atoms with Crippen LogP contribution in [0.3, 0.4) is 0 Å². The first-order valence-electron chi connectivity index (χ1n) is 6.20. The van der Waals surface area contributed by atoms with Gasteiger partial charge in [0.2, 0.25) is 0 Å². The number of hydrogen-bond acceptors (Lipinski definition) is 6. The molecule has 2 rings (SSSR count). The predicted octanol–water partition coefficient (Wildman–Crippen LogP) is 1.37. The van der Waals surface area contributed by atoms with Crippen LogP contribution in [0.1, 0.15) is 28.8 Å². The van der Waals surface area contributed by atoms with Crippen molar-refractivity contribution in [1.29, 1.82) is 0 Å². The standard InChI is InChI=1S/C13H17N3O4/c1-5-20-13(17)10-12-15-8(2)11(19-4)9(6-18-3)16(12)7-14-10/h7H,5-6H2,1-4H3. The average molecular weight is 279 g/mol. The minimum absolute atomic E-state index is 0.190. The van der Waals surface area contributed by atoms with Gasteiger partial charge in [-0.15, -0.1) is 0 Å². The van der Waals surface area contributed by atoms with Crippen LogP contribution >= 0.6 is 0 Å². The molecule has 0 N–H and O–H groups in total. The molecule has 0 bridgehead atoms. The van der Waals surface area contributed by atoms with E-state index in [0.29, 0.717) is 23.7 Å². The number of imidazole rings is 1. The lowest BCUT2D eigenvalue weighted by Gasteiger charge is -2.12. The first-order chi connectivity index (χ1) is 9.63. The number of hydrogen-bond donors (Lipinski definition) is 0. The fraction of sp³-hybridized carbons (Fsp3) is 0.462. The van der Waals surface area contributed by atoms with Gasteiger partial charge in [-0.05, 0) is 13.8 Å². The lowest BCUT2D eigenvalue weighted by atomic mass is 10.3. The van der Waals surface area contributed by atoms with Crippen molar-refractivity contribution in [3.8, 4) is 5.75 Å². The summed E-state index contributed by atoms with van der Waals surface area (Å²) in [5.74, 6) is 0.127. The summed E-state index contributed by atoms with van der Waals surface area (Å²) < 4.78 is 17.2. The molecule has 0 aromatic carbocycles. The minimum atomic E-state index is -0.490. The van der Waals surface area contributed by atoms with Crippen molar-refractivity contribution in [1.82, 2.24) is 14.4 Å². The van der Waals surface area contributed by atoms with Crippen LogP contribution < -0.4 is 4.74 Å². The quantitative estimate of drug-likeness (QED) is 0.769. The molecule has 7 nitrogen and oxygen atoms in total. The smallest absolute Gasteiger partial charge is 0.360 e. The number of esters is 1. The summed E-state index contributed by atoms with van der Waals surface area (Å²) >= 11 is 0. The van der Waals surface area contributed by atoms with E-state index in [1.807, 2.05) is 0 Å². The van der Waals surface area contributed by atoms with Gasteiger partial charge in [0, 0.05) is 7.11 Å². The molecular weight excluding hydrogens is 262 g/mol. The zero-order chi connectivity index (χ0) is 14.7. The fourth-order valence-corrected chi connectivity index (χ4v) is 2.05. The number of fused-ring (bicyclic) bond motifs is 1. The summed E-state index contributed by atoms with van der Waals surface area (Å²) in [6, 6.07) is 0. The Morgan fingerprint density at radius 2 is 2.15 bits per heavy atom. The lowest BCUT2D eigenvalue weighted by molar-refractivity contribution is 0.0522. The van der Waals surface area contributed by atoms with Gasteiger partial charge in [-0.2, -0.15) is 0 Å². The average Bonchev–Trinajstić information content (AvgIpc) is 2.83. The second-order valence-electron chi connectivity index (χ2n) is 4.12. The summed E-state index contributed by atoms with van der Waals surface area (Å²) in [6.45, 7) is 4.16. The van der Waals surface area contributed by atoms with Gasteiger partial charge < -0.3 is 14.2 Å². The van der Waals surface area contributed by atoms with E-state index in [1.54, 1.807) is 32.5 Å². The van der Waals surface area contributed by atoms with Gasteiger partial charge in [-0.25, -0.2) is 14.8 Å². The highest BCUT2D eigenvalue weighted by molar-refractivity contribution is 5.93. The maximum atomic E-state index is 11.9. The van der Waals surface area contributed by atoms with Crippen molar-refractivity contribution in [2.75, 3.05) is 20.8 Å². The van der Waals surface area contributed by atoms with E-state index in [2.05, 4.69) is 9.97 Å². The van der Waals surface area contributed by atoms with Crippen molar-refractivity contribution in [3.63, 3.8) is 0 Å². The summed E-state index contributed by atoms with van der Waals surface area (Å²) in [6.07, 6.45) is 1.52. The molecule has 0 amide bonds. The number of nitrogens with zero attached hydrogens (tertiary/aromatic N) is 3. The third kappa shape index (κ3) is 2.32. The highest BCUT2D eigenvalue weighted by Crippen LogP contribution is 2.25. The van der Waals surface area contributed by atoms with E-state index < -0.39 is 5.97 Å². The van der Waals surface area contributed by atoms with Crippen LogP contribution in [0.2, 0.25) is 0 Å². The molecule has 7 heteroatoms. The molecule has 0 radical (unpaired) electrons. The molecule has 0 spiro atoms. The Labute approximate surface area is 116 Å². The SMILES string of the molecule is CCOC(=O)c1ncn2c(COC)c(OC)c(C)nc12. The first-order valence-corrected chi connectivity index (χ1v) is 6.20. The number of aromatic nitrogens is 3. The van der Waals surface area contributed by atoms with Crippen LogP contribution in [-0.4, -0.2) is 41.2 Å². The van der Waals surface area contributed by atoms with Crippen LogP contribution in [0.5, 0.6) is 5.75 Å². The minimum Gasteiger partial charge on any atom is -0.493 e. The van der Waals surface area contributed by atoms with Gasteiger partial charge in [0.25, 0.3) is 0 Å². The van der Waals surface area contributed by atoms with Gasteiger partial charge in [0.15, 0.2) is 17.1 Å². The van der Waals surface area contributed by atoms with Crippen LogP contribution in [0.15, 0.2) is 6.33 Å². The number of carbonyl (C=O) groups is 1. The molecule has 0 fully saturated rings. The Morgan fingerprint density at radius 3 is 2.75 bits per heavy atom. The maximum absolute atomic E-state index is 11.9. The Morgan fingerprint density at radius 1 is 1.40 bits per heavy atom. The molecule has 0 saturated carbocycles. The van der Waals surface area contributed by atoms with Crippen LogP contribution in [0.25, 0.3) is 5.65 Å². The van der Waals surface area contributed by atoms with Gasteiger partial charge in [-0.3, -0.25) is 4.40 Å². The Bertz CT molecular complexity index is 636. The van der Waals surface area contributed by atoms with Crippen molar-refractivity contribution in [2.24, 2.45) is 0 Å². The van der Waals surface area contributed by atoms with E-state index >= 15 is 0 Å². The van der Waals surface area contributed by atoms with Crippen LogP contribution in [-0.2, 0) is 16.1 Å². The molecule has 0 aliphatic heterocycles. The highest BCUT2D eigenvalue weighted by Gasteiger charge is 2.21. The van der Waals surface area contributed by atoms with Gasteiger partial charge in [0.05, 0.1) is 31.7 Å². The highest BCUT2D eigenvalue weighted by atomic mass is 16.5. The van der Waals surface area contributed by atoms with Crippen molar-refractivity contribution in [3.05, 3.63) is 23.4 Å². The number of ether oxygens (including phenoxy) is 3. The van der Waals surface area contributed by atoms with Crippen molar-refractivity contribution < 1.29 is 19.0 Å². The molecule has 0 aliphatic rings. The van der Waals surface area contributed by atoms with E-state index in [0.717, 1.165) is 5.69 Å². The van der Waals surface area contributed by atoms with E-state index in [-0.39, 0.29) is 12.3 Å². The number of methoxy groups -OCH3 is 2. The van der Waals surface area contributed by atoms with E-state index in [4.69, 9.17) is 14.2 Å². The second-order valence-corrected chi connectivity index (χ2v) is 4.12. The molecule has 0 aliphatic carbocycles. The van der Waals surface area contributed by atoms with Gasteiger partial charge >= 0.3 is 5.97 Å². The molecule has 2 aromatic heterocycles. The summed E-state index contributed by atoms with van der Waals surface area (Å²) in [7, 11) is 3.16. The van der Waals surface area contributed by atoms with Crippen LogP contribution in [0.4, 0.5) is 0 Å². The topological polar surface area (TPSA) is 75.0 Å². The molecule has 0 unspecified atom stereocenters. The van der Waals surface area contributed by atoms with E-state index in [9.17, 15) is 4.79 Å². The molecule has 2 heterocycles. The normalized spacial score (nSPS) is 10.8. The Balaban J connectivity index is 2.65. The summed E-state index contributed by atoms with van der Waals surface area (Å²) in [4.78, 5) is 20.3. The molecule has 2 aromatic rings. The Hall–Kier alpha value is -2.15. The lowest BCUT2D eigenvalue weighted by Crippen LogP contribution is -2.09. The number of carbonyl (C=O) groups excluding carboxylic acids is 1. The number of aryl methyl sites for hydroxylation is 1. The van der Waals surface area contributed by atoms with E-state index in [1.165, 1.54) is 6.33 Å². The molecule has 108 valence electrons. The zero-order valence-corrected chi connectivity index (χ0v) is 12.0. The molecular formula is C13H17N3O4. The van der Waals surface area contributed by atoms with Gasteiger partial charge in [-0.1, -0.05) is 0 Å².